The highest BCUT2D eigenvalue weighted by molar-refractivity contribution is 5.86. The molecular weight excluding hydrogens is 302 g/mol. The van der Waals surface area contributed by atoms with E-state index < -0.39 is 0 Å². The third-order valence-electron chi connectivity index (χ3n) is 5.71. The van der Waals surface area contributed by atoms with E-state index in [0.717, 1.165) is 48.3 Å². The number of aryl methyl sites for hydroxylation is 1. The molecule has 0 amide bonds. The second kappa shape index (κ2) is 6.66. The molecule has 0 spiro atoms. The van der Waals surface area contributed by atoms with Crippen LogP contribution >= 0.6 is 0 Å². The molecule has 4 nitrogen and oxygen atoms in total. The monoisotopic (exact) mass is 331 g/mol. The molecule has 3 rings (SSSR count). The lowest BCUT2D eigenvalue weighted by Gasteiger charge is -2.47. The number of benzene rings is 1. The molecule has 1 aromatic rings. The van der Waals surface area contributed by atoms with Crippen molar-refractivity contribution in [2.75, 3.05) is 0 Å². The zero-order chi connectivity index (χ0) is 17.3. The molecule has 0 radical (unpaired) electrons. The lowest BCUT2D eigenvalue weighted by Crippen LogP contribution is -2.47. The van der Waals surface area contributed by atoms with Gasteiger partial charge in [-0.3, -0.25) is 0 Å². The Morgan fingerprint density at radius 3 is 2.79 bits per heavy atom. The zero-order valence-corrected chi connectivity index (χ0v) is 15.0. The van der Waals surface area contributed by atoms with Crippen LogP contribution in [0.5, 0.6) is 11.5 Å². The first-order valence-electron chi connectivity index (χ1n) is 9.21. The van der Waals surface area contributed by atoms with Crippen molar-refractivity contribution >= 4 is 5.71 Å². The maximum atomic E-state index is 10.7. The first-order valence-corrected chi connectivity index (χ1v) is 9.21. The summed E-state index contributed by atoms with van der Waals surface area (Å²) in [6.07, 6.45) is 6.91. The number of hydrogen-bond acceptors (Lipinski definition) is 4. The highest BCUT2D eigenvalue weighted by atomic mass is 16.5. The number of fused-ring (bicyclic) bond motifs is 3. The van der Waals surface area contributed by atoms with Crippen LogP contribution in [0.15, 0.2) is 17.3 Å². The van der Waals surface area contributed by atoms with Gasteiger partial charge < -0.3 is 15.1 Å². The summed E-state index contributed by atoms with van der Waals surface area (Å²) in [7, 11) is 0. The van der Waals surface area contributed by atoms with Crippen LogP contribution in [0.1, 0.15) is 76.3 Å². The van der Waals surface area contributed by atoms with Gasteiger partial charge in [0.25, 0.3) is 0 Å². The third kappa shape index (κ3) is 3.11. The highest BCUT2D eigenvalue weighted by Crippen LogP contribution is 2.53. The number of nitrogens with zero attached hydrogens (tertiary/aromatic N) is 1. The molecule has 2 atom stereocenters. The van der Waals surface area contributed by atoms with Crippen LogP contribution in [0, 0.1) is 5.92 Å². The van der Waals surface area contributed by atoms with Crippen LogP contribution in [0.2, 0.25) is 0 Å². The molecule has 0 saturated heterocycles. The summed E-state index contributed by atoms with van der Waals surface area (Å²) < 4.78 is 6.32. The van der Waals surface area contributed by atoms with Crippen LogP contribution in [-0.2, 0) is 6.42 Å². The minimum absolute atomic E-state index is 0.160. The van der Waals surface area contributed by atoms with E-state index in [2.05, 4.69) is 32.0 Å². The Kier molecular flexibility index (Phi) is 4.75. The Balaban J connectivity index is 1.96. The van der Waals surface area contributed by atoms with E-state index in [4.69, 9.17) is 4.74 Å². The summed E-state index contributed by atoms with van der Waals surface area (Å²) in [4.78, 5) is 0. The fourth-order valence-corrected chi connectivity index (χ4v) is 4.45. The molecule has 2 aliphatic rings. The smallest absolute Gasteiger partial charge is 0.127 e. The molecule has 1 aromatic carbocycles. The maximum Gasteiger partial charge on any atom is 0.127 e. The zero-order valence-electron chi connectivity index (χ0n) is 15.0. The molecule has 0 aromatic heterocycles. The van der Waals surface area contributed by atoms with Gasteiger partial charge in [0.1, 0.15) is 17.1 Å². The van der Waals surface area contributed by atoms with E-state index in [-0.39, 0.29) is 11.5 Å². The molecule has 2 unspecified atom stereocenters. The van der Waals surface area contributed by atoms with Crippen molar-refractivity contribution in [2.24, 2.45) is 11.1 Å². The summed E-state index contributed by atoms with van der Waals surface area (Å²) in [5.74, 6) is 1.64. The second-order valence-electron chi connectivity index (χ2n) is 7.81. The van der Waals surface area contributed by atoms with Crippen LogP contribution in [-0.4, -0.2) is 21.6 Å². The van der Waals surface area contributed by atoms with Gasteiger partial charge in [0.05, 0.1) is 5.71 Å². The van der Waals surface area contributed by atoms with Crippen LogP contribution in [0.4, 0.5) is 0 Å². The summed E-state index contributed by atoms with van der Waals surface area (Å²) in [5, 5.41) is 23.3. The van der Waals surface area contributed by atoms with E-state index in [9.17, 15) is 10.3 Å². The number of phenols is 1. The predicted octanol–water partition coefficient (Wildman–Crippen LogP) is 5.01. The number of ether oxygens (including phenoxy) is 1. The lowest BCUT2D eigenvalue weighted by atomic mass is 9.66. The van der Waals surface area contributed by atoms with Gasteiger partial charge in [0.2, 0.25) is 0 Å². The summed E-state index contributed by atoms with van der Waals surface area (Å²) in [6.45, 7) is 6.46. The predicted molar refractivity (Wildman–Crippen MR) is 95.3 cm³/mol. The van der Waals surface area contributed by atoms with Crippen LogP contribution < -0.4 is 4.74 Å². The fraction of sp³-hybridized carbons (Fsp3) is 0.650. The first-order chi connectivity index (χ1) is 11.5. The Labute approximate surface area is 144 Å². The molecule has 1 fully saturated rings. The van der Waals surface area contributed by atoms with E-state index in [1.165, 1.54) is 12.8 Å². The number of hydrogen-bond donors (Lipinski definition) is 2. The molecule has 1 aliphatic carbocycles. The van der Waals surface area contributed by atoms with Crippen molar-refractivity contribution in [3.8, 4) is 11.5 Å². The summed E-state index contributed by atoms with van der Waals surface area (Å²) in [5.41, 5.74) is 2.60. The van der Waals surface area contributed by atoms with Crippen molar-refractivity contribution in [1.82, 2.24) is 0 Å². The Bertz CT molecular complexity index is 636. The largest absolute Gasteiger partial charge is 0.508 e. The molecule has 24 heavy (non-hydrogen) atoms. The topological polar surface area (TPSA) is 62.0 Å². The molecule has 132 valence electrons. The Morgan fingerprint density at radius 2 is 2.08 bits per heavy atom. The van der Waals surface area contributed by atoms with Gasteiger partial charge in [-0.15, -0.1) is 0 Å². The Morgan fingerprint density at radius 1 is 1.29 bits per heavy atom. The van der Waals surface area contributed by atoms with Gasteiger partial charge in [-0.05, 0) is 63.6 Å². The molecule has 2 N–H and O–H groups in total. The SMILES string of the molecule is CCCCCc1cc(O)c2c(c1)OC(C)(C)C1CC/C(=N\O)CC21. The van der Waals surface area contributed by atoms with Gasteiger partial charge in [-0.2, -0.15) is 0 Å². The summed E-state index contributed by atoms with van der Waals surface area (Å²) >= 11 is 0. The van der Waals surface area contributed by atoms with Gasteiger partial charge in [-0.1, -0.05) is 24.9 Å². The standard InChI is InChI=1S/C20H29NO3/c1-4-5-6-7-13-10-17(22)19-15-12-14(21-23)8-9-16(15)20(2,3)24-18(19)11-13/h10-11,15-16,22-23H,4-9,12H2,1-3H3/b21-14+. The number of oxime groups is 1. The normalized spacial score (nSPS) is 26.5. The van der Waals surface area contributed by atoms with Crippen LogP contribution in [0.25, 0.3) is 0 Å². The number of rotatable bonds is 4. The number of aromatic hydroxyl groups is 1. The van der Waals surface area contributed by atoms with Crippen molar-refractivity contribution in [2.45, 2.75) is 77.2 Å². The highest BCUT2D eigenvalue weighted by Gasteiger charge is 2.47. The van der Waals surface area contributed by atoms with E-state index >= 15 is 0 Å². The fourth-order valence-electron chi connectivity index (χ4n) is 4.45. The van der Waals surface area contributed by atoms with Crippen molar-refractivity contribution in [1.29, 1.82) is 0 Å². The van der Waals surface area contributed by atoms with Gasteiger partial charge in [0.15, 0.2) is 0 Å². The average molecular weight is 331 g/mol. The van der Waals surface area contributed by atoms with Gasteiger partial charge in [0, 0.05) is 17.4 Å². The third-order valence-corrected chi connectivity index (χ3v) is 5.71. The van der Waals surface area contributed by atoms with E-state index in [1.54, 1.807) is 0 Å². The quantitative estimate of drug-likeness (QED) is 0.463. The van der Waals surface area contributed by atoms with Crippen molar-refractivity contribution < 1.29 is 15.1 Å². The van der Waals surface area contributed by atoms with Crippen molar-refractivity contribution in [3.63, 3.8) is 0 Å². The van der Waals surface area contributed by atoms with E-state index in [0.29, 0.717) is 18.1 Å². The minimum atomic E-state index is -0.271. The first kappa shape index (κ1) is 17.1. The molecule has 0 bridgehead atoms. The van der Waals surface area contributed by atoms with Gasteiger partial charge in [-0.25, -0.2) is 0 Å². The summed E-state index contributed by atoms with van der Waals surface area (Å²) in [6, 6.07) is 4.00. The maximum absolute atomic E-state index is 10.7. The van der Waals surface area contributed by atoms with Gasteiger partial charge >= 0.3 is 0 Å². The molecule has 1 heterocycles. The van der Waals surface area contributed by atoms with Crippen molar-refractivity contribution in [3.05, 3.63) is 23.3 Å². The molecule has 4 heteroatoms. The number of unbranched alkanes of at least 4 members (excludes halogenated alkanes) is 2. The molecular formula is C20H29NO3. The minimum Gasteiger partial charge on any atom is -0.508 e. The number of phenolic OH excluding ortho intramolecular Hbond substituents is 1. The molecule has 1 aliphatic heterocycles. The van der Waals surface area contributed by atoms with Crippen LogP contribution in [0.3, 0.4) is 0 Å². The average Bonchev–Trinajstić information content (AvgIpc) is 2.53. The second-order valence-corrected chi connectivity index (χ2v) is 7.81. The Hall–Kier alpha value is -1.71. The van der Waals surface area contributed by atoms with E-state index in [1.807, 2.05) is 6.07 Å². The molecule has 1 saturated carbocycles. The lowest BCUT2D eigenvalue weighted by molar-refractivity contribution is 0.00295.